The average Bonchev–Trinajstić information content (AvgIpc) is 3.15. The predicted octanol–water partition coefficient (Wildman–Crippen LogP) is 4.45. The van der Waals surface area contributed by atoms with Gasteiger partial charge >= 0.3 is 0 Å². The summed E-state index contributed by atoms with van der Waals surface area (Å²) in [6.45, 7) is 1.58. The van der Waals surface area contributed by atoms with Gasteiger partial charge in [-0.2, -0.15) is 5.26 Å². The maximum absolute atomic E-state index is 13.2. The molecule has 1 N–H and O–H groups in total. The number of carbonyl (C=O) groups is 2. The molecule has 0 aliphatic carbocycles. The van der Waals surface area contributed by atoms with Crippen LogP contribution in [0.25, 0.3) is 6.08 Å². The molecule has 37 heavy (non-hydrogen) atoms. The number of hydrogen-bond acceptors (Lipinski definition) is 7. The lowest BCUT2D eigenvalue weighted by Crippen LogP contribution is -2.31. The van der Waals surface area contributed by atoms with Gasteiger partial charge in [-0.1, -0.05) is 84.6 Å². The first-order valence-electron chi connectivity index (χ1n) is 11.6. The summed E-state index contributed by atoms with van der Waals surface area (Å²) < 4.78 is 1.40. The van der Waals surface area contributed by atoms with E-state index in [9.17, 15) is 24.8 Å². The standard InChI is InChI=1S/C28H23N3O4S2/c1-18-21(17-29)25(33)30(14-12-19-8-4-2-5-9-19)27(35)24(18)22(32)13-15-31-26(34)23(37-28(31)36)16-20-10-6-3-7-11-20/h2-11,16,35H,12-15H2,1H3/b23-16-. The second-order valence-corrected chi connectivity index (χ2v) is 10.1. The van der Waals surface area contributed by atoms with E-state index in [1.807, 2.05) is 66.7 Å². The van der Waals surface area contributed by atoms with Crippen LogP contribution in [0.4, 0.5) is 0 Å². The Kier molecular flexibility index (Phi) is 8.01. The van der Waals surface area contributed by atoms with Crippen LogP contribution in [-0.2, 0) is 17.8 Å². The number of benzene rings is 2. The van der Waals surface area contributed by atoms with Gasteiger partial charge < -0.3 is 5.11 Å². The smallest absolute Gasteiger partial charge is 0.271 e. The Morgan fingerprint density at radius 3 is 2.38 bits per heavy atom. The van der Waals surface area contributed by atoms with Crippen molar-refractivity contribution in [2.75, 3.05) is 6.54 Å². The second-order valence-electron chi connectivity index (χ2n) is 8.42. The average molecular weight is 530 g/mol. The van der Waals surface area contributed by atoms with Gasteiger partial charge in [0.25, 0.3) is 11.5 Å². The Morgan fingerprint density at radius 1 is 1.08 bits per heavy atom. The molecule has 3 aromatic rings. The van der Waals surface area contributed by atoms with E-state index in [4.69, 9.17) is 12.2 Å². The fraction of sp³-hybridized carbons (Fsp3) is 0.179. The zero-order valence-corrected chi connectivity index (χ0v) is 21.6. The highest BCUT2D eigenvalue weighted by Crippen LogP contribution is 2.33. The highest BCUT2D eigenvalue weighted by Gasteiger charge is 2.33. The Bertz CT molecular complexity index is 1510. The number of hydrogen-bond donors (Lipinski definition) is 1. The van der Waals surface area contributed by atoms with Crippen molar-refractivity contribution in [3.8, 4) is 11.9 Å². The lowest BCUT2D eigenvalue weighted by molar-refractivity contribution is -0.122. The molecule has 0 unspecified atom stereocenters. The predicted molar refractivity (Wildman–Crippen MR) is 147 cm³/mol. The number of aromatic hydroxyl groups is 1. The number of rotatable bonds is 8. The van der Waals surface area contributed by atoms with Gasteiger partial charge in [-0.15, -0.1) is 0 Å². The lowest BCUT2D eigenvalue weighted by Gasteiger charge is -2.17. The molecule has 2 heterocycles. The van der Waals surface area contributed by atoms with Crippen molar-refractivity contribution >= 4 is 46.1 Å². The normalized spacial score (nSPS) is 14.3. The van der Waals surface area contributed by atoms with Gasteiger partial charge in [0.05, 0.1) is 10.5 Å². The number of pyridine rings is 1. The van der Waals surface area contributed by atoms with Crippen LogP contribution >= 0.6 is 24.0 Å². The summed E-state index contributed by atoms with van der Waals surface area (Å²) in [5.41, 5.74) is 1.01. The third-order valence-corrected chi connectivity index (χ3v) is 7.46. The Hall–Kier alpha value is -4.00. The summed E-state index contributed by atoms with van der Waals surface area (Å²) in [6.07, 6.45) is 2.04. The number of amides is 1. The molecule has 1 aliphatic rings. The topological polar surface area (TPSA) is 103 Å². The third kappa shape index (κ3) is 5.56. The van der Waals surface area contributed by atoms with Crippen LogP contribution in [0.2, 0.25) is 0 Å². The molecule has 1 aliphatic heterocycles. The van der Waals surface area contributed by atoms with Crippen molar-refractivity contribution in [1.82, 2.24) is 9.47 Å². The molecule has 1 saturated heterocycles. The second kappa shape index (κ2) is 11.4. The van der Waals surface area contributed by atoms with Crippen LogP contribution in [0.5, 0.6) is 5.88 Å². The minimum atomic E-state index is -0.645. The molecule has 1 fully saturated rings. The highest BCUT2D eigenvalue weighted by atomic mass is 32.2. The summed E-state index contributed by atoms with van der Waals surface area (Å²) >= 11 is 6.53. The van der Waals surface area contributed by atoms with E-state index >= 15 is 0 Å². The number of aromatic nitrogens is 1. The van der Waals surface area contributed by atoms with Crippen LogP contribution < -0.4 is 5.56 Å². The van der Waals surface area contributed by atoms with E-state index in [1.54, 1.807) is 6.08 Å². The van der Waals surface area contributed by atoms with Crippen molar-refractivity contribution in [2.45, 2.75) is 26.3 Å². The lowest BCUT2D eigenvalue weighted by atomic mass is 9.99. The van der Waals surface area contributed by atoms with Crippen molar-refractivity contribution in [2.24, 2.45) is 0 Å². The van der Waals surface area contributed by atoms with Crippen molar-refractivity contribution in [3.05, 3.63) is 104 Å². The summed E-state index contributed by atoms with van der Waals surface area (Å²) in [7, 11) is 0. The molecule has 4 rings (SSSR count). The third-order valence-electron chi connectivity index (χ3n) is 6.08. The number of aryl methyl sites for hydroxylation is 1. The molecule has 0 radical (unpaired) electrons. The van der Waals surface area contributed by atoms with Crippen LogP contribution in [0.3, 0.4) is 0 Å². The van der Waals surface area contributed by atoms with Crippen LogP contribution in [0, 0.1) is 18.3 Å². The molecule has 2 aromatic carbocycles. The molecule has 7 nitrogen and oxygen atoms in total. The van der Waals surface area contributed by atoms with Crippen LogP contribution in [0.15, 0.2) is 70.4 Å². The summed E-state index contributed by atoms with van der Waals surface area (Å²) in [5.74, 6) is -1.25. The fourth-order valence-corrected chi connectivity index (χ4v) is 5.42. The van der Waals surface area contributed by atoms with Gasteiger partial charge in [0.1, 0.15) is 16.0 Å². The summed E-state index contributed by atoms with van der Waals surface area (Å²) in [5, 5.41) is 20.5. The number of thiocarbonyl (C=S) groups is 1. The molecule has 1 amide bonds. The highest BCUT2D eigenvalue weighted by molar-refractivity contribution is 8.26. The monoisotopic (exact) mass is 529 g/mol. The maximum atomic E-state index is 13.2. The van der Waals surface area contributed by atoms with Gasteiger partial charge in [0.2, 0.25) is 5.88 Å². The largest absolute Gasteiger partial charge is 0.494 e. The Morgan fingerprint density at radius 2 is 1.73 bits per heavy atom. The van der Waals surface area contributed by atoms with Gasteiger partial charge in [0.15, 0.2) is 5.78 Å². The van der Waals surface area contributed by atoms with Gasteiger partial charge in [-0.05, 0) is 36.1 Å². The van der Waals surface area contributed by atoms with Crippen molar-refractivity contribution in [1.29, 1.82) is 5.26 Å². The molecule has 0 spiro atoms. The van der Waals surface area contributed by atoms with Crippen molar-refractivity contribution in [3.63, 3.8) is 0 Å². The minimum Gasteiger partial charge on any atom is -0.494 e. The summed E-state index contributed by atoms with van der Waals surface area (Å²) in [6, 6.07) is 20.6. The Balaban J connectivity index is 1.55. The molecule has 0 bridgehead atoms. The zero-order chi connectivity index (χ0) is 26.5. The van der Waals surface area contributed by atoms with Gasteiger partial charge in [-0.25, -0.2) is 0 Å². The Labute approximate surface area is 223 Å². The molecule has 1 aromatic heterocycles. The van der Waals surface area contributed by atoms with Gasteiger partial charge in [-0.3, -0.25) is 23.9 Å². The van der Waals surface area contributed by atoms with Gasteiger partial charge in [0, 0.05) is 19.5 Å². The van der Waals surface area contributed by atoms with E-state index < -0.39 is 17.2 Å². The number of Topliss-reactive ketones (excluding diaryl/α,β-unsaturated/α-hetero) is 1. The number of ketones is 1. The number of thioether (sulfide) groups is 1. The molecule has 0 atom stereocenters. The first-order chi connectivity index (χ1) is 17.8. The van der Waals surface area contributed by atoms with E-state index in [2.05, 4.69) is 0 Å². The van der Waals surface area contributed by atoms with E-state index in [-0.39, 0.29) is 42.1 Å². The van der Waals surface area contributed by atoms with Crippen LogP contribution in [-0.4, -0.2) is 37.1 Å². The van der Waals surface area contributed by atoms with E-state index in [0.717, 1.165) is 15.7 Å². The zero-order valence-electron chi connectivity index (χ0n) is 20.0. The number of carbonyl (C=O) groups excluding carboxylic acids is 2. The first-order valence-corrected chi connectivity index (χ1v) is 12.8. The summed E-state index contributed by atoms with van der Waals surface area (Å²) in [4.78, 5) is 40.9. The van der Waals surface area contributed by atoms with E-state index in [0.29, 0.717) is 15.6 Å². The number of nitrogens with zero attached hydrogens (tertiary/aromatic N) is 3. The molecular weight excluding hydrogens is 506 g/mol. The van der Waals surface area contributed by atoms with Crippen molar-refractivity contribution < 1.29 is 14.7 Å². The first kappa shape index (κ1) is 26.1. The molecule has 0 saturated carbocycles. The van der Waals surface area contributed by atoms with E-state index in [1.165, 1.54) is 23.6 Å². The molecular formula is C28H23N3O4S2. The SMILES string of the molecule is Cc1c(C(=O)CCN2C(=O)/C(=C/c3ccccc3)SC2=S)c(O)n(CCc2ccccc2)c(=O)c1C#N. The quantitative estimate of drug-likeness (QED) is 0.261. The maximum Gasteiger partial charge on any atom is 0.271 e. The minimum absolute atomic E-state index is 0.0134. The van der Waals surface area contributed by atoms with Crippen LogP contribution in [0.1, 0.15) is 39.0 Å². The molecule has 9 heteroatoms. The fourth-order valence-electron chi connectivity index (χ4n) is 4.11. The number of nitriles is 1. The molecule has 186 valence electrons.